The van der Waals surface area contributed by atoms with Gasteiger partial charge in [0.15, 0.2) is 0 Å². The Kier molecular flexibility index (Phi) is 6.45. The van der Waals surface area contributed by atoms with Crippen LogP contribution in [0.3, 0.4) is 0 Å². The van der Waals surface area contributed by atoms with Crippen LogP contribution in [0, 0.1) is 0 Å². The number of likely N-dealkylation sites (tertiary alicyclic amines) is 1. The van der Waals surface area contributed by atoms with Crippen molar-refractivity contribution in [3.63, 3.8) is 0 Å². The Labute approximate surface area is 223 Å². The minimum absolute atomic E-state index is 0.112. The summed E-state index contributed by atoms with van der Waals surface area (Å²) in [6.45, 7) is 1.60. The van der Waals surface area contributed by atoms with Gasteiger partial charge in [0.1, 0.15) is 0 Å². The molecular weight excluding hydrogens is 512 g/mol. The number of anilines is 1. The third-order valence-electron chi connectivity index (χ3n) is 7.89. The van der Waals surface area contributed by atoms with Crippen LogP contribution in [0.2, 0.25) is 5.02 Å². The van der Waals surface area contributed by atoms with E-state index >= 15 is 0 Å². The molecule has 194 valence electrons. The number of nitrogens with one attached hydrogen (secondary N) is 1. The predicted molar refractivity (Wildman–Crippen MR) is 144 cm³/mol. The second-order valence-corrected chi connectivity index (χ2v) is 11.8. The van der Waals surface area contributed by atoms with E-state index in [1.165, 1.54) is 10.5 Å². The standard InChI is InChI=1S/C27H29ClN4O4S/c28-17-8-16-2-1-7-31(18-11-27(14-33,15-34)30-12-18)25(16)21(9-17)20-5-6-29-22-10-19(37-26(20)22)13-32-23(35)3-4-24(32)36/h5-6,8-10,18,30,33-34H,1-4,7,11-15H2/t18-/m1/s1. The van der Waals surface area contributed by atoms with E-state index in [1.807, 2.05) is 24.3 Å². The summed E-state index contributed by atoms with van der Waals surface area (Å²) in [6.07, 6.45) is 4.92. The highest BCUT2D eigenvalue weighted by Gasteiger charge is 2.41. The van der Waals surface area contributed by atoms with Crippen molar-refractivity contribution in [1.82, 2.24) is 15.2 Å². The monoisotopic (exact) mass is 540 g/mol. The van der Waals surface area contributed by atoms with Crippen LogP contribution in [0.4, 0.5) is 5.69 Å². The molecule has 0 radical (unpaired) electrons. The number of pyridine rings is 1. The smallest absolute Gasteiger partial charge is 0.230 e. The average Bonchev–Trinajstić information content (AvgIpc) is 3.61. The summed E-state index contributed by atoms with van der Waals surface area (Å²) in [4.78, 5) is 33.6. The average molecular weight is 541 g/mol. The van der Waals surface area contributed by atoms with Gasteiger partial charge in [0.25, 0.3) is 0 Å². The van der Waals surface area contributed by atoms with Gasteiger partial charge in [-0.3, -0.25) is 19.5 Å². The maximum atomic E-state index is 12.2. The molecule has 2 fully saturated rings. The molecule has 0 spiro atoms. The maximum Gasteiger partial charge on any atom is 0.230 e. The lowest BCUT2D eigenvalue weighted by molar-refractivity contribution is -0.138. The molecule has 8 nitrogen and oxygen atoms in total. The van der Waals surface area contributed by atoms with Crippen LogP contribution in [0.15, 0.2) is 30.5 Å². The Morgan fingerprint density at radius 1 is 1.11 bits per heavy atom. The number of aliphatic hydroxyl groups is 2. The molecular formula is C27H29ClN4O4S. The van der Waals surface area contributed by atoms with Crippen LogP contribution in [0.1, 0.15) is 36.1 Å². The van der Waals surface area contributed by atoms with Crippen molar-refractivity contribution in [3.05, 3.63) is 45.9 Å². The molecule has 2 aromatic heterocycles. The molecule has 0 aliphatic carbocycles. The molecule has 5 heterocycles. The second-order valence-electron chi connectivity index (χ2n) is 10.3. The summed E-state index contributed by atoms with van der Waals surface area (Å²) < 4.78 is 0.996. The summed E-state index contributed by atoms with van der Waals surface area (Å²) in [5.41, 5.74) is 4.53. The number of carbonyl (C=O) groups is 2. The van der Waals surface area contributed by atoms with Crippen molar-refractivity contribution >= 4 is 50.7 Å². The van der Waals surface area contributed by atoms with Gasteiger partial charge in [0, 0.05) is 64.9 Å². The van der Waals surface area contributed by atoms with E-state index in [0.29, 0.717) is 18.0 Å². The molecule has 1 atom stereocenters. The highest BCUT2D eigenvalue weighted by Crippen LogP contribution is 2.45. The summed E-state index contributed by atoms with van der Waals surface area (Å²) in [6, 6.07) is 8.15. The molecule has 0 bridgehead atoms. The molecule has 3 N–H and O–H groups in total. The first-order valence-electron chi connectivity index (χ1n) is 12.7. The van der Waals surface area contributed by atoms with Crippen LogP contribution < -0.4 is 10.2 Å². The van der Waals surface area contributed by atoms with Crippen LogP contribution in [0.5, 0.6) is 0 Å². The largest absolute Gasteiger partial charge is 0.394 e. The first-order chi connectivity index (χ1) is 17.9. The molecule has 10 heteroatoms. The summed E-state index contributed by atoms with van der Waals surface area (Å²) in [7, 11) is 0. The van der Waals surface area contributed by atoms with E-state index in [2.05, 4.69) is 15.2 Å². The van der Waals surface area contributed by atoms with Gasteiger partial charge in [-0.25, -0.2) is 0 Å². The fourth-order valence-electron chi connectivity index (χ4n) is 5.98. The predicted octanol–water partition coefficient (Wildman–Crippen LogP) is 3.10. The van der Waals surface area contributed by atoms with Crippen LogP contribution in [-0.2, 0) is 22.6 Å². The highest BCUT2D eigenvalue weighted by atomic mass is 35.5. The normalized spacial score (nSPS) is 21.3. The Morgan fingerprint density at radius 2 is 1.89 bits per heavy atom. The van der Waals surface area contributed by atoms with Crippen LogP contribution >= 0.6 is 22.9 Å². The molecule has 3 aliphatic heterocycles. The van der Waals surface area contributed by atoms with Crippen molar-refractivity contribution in [2.45, 2.75) is 50.2 Å². The van der Waals surface area contributed by atoms with Gasteiger partial charge in [0.05, 0.1) is 35.5 Å². The van der Waals surface area contributed by atoms with E-state index in [0.717, 1.165) is 51.3 Å². The summed E-state index contributed by atoms with van der Waals surface area (Å²) in [5, 5.41) is 23.9. The van der Waals surface area contributed by atoms with Crippen molar-refractivity contribution in [1.29, 1.82) is 0 Å². The van der Waals surface area contributed by atoms with Crippen molar-refractivity contribution < 1.29 is 19.8 Å². The van der Waals surface area contributed by atoms with Crippen molar-refractivity contribution in [2.24, 2.45) is 0 Å². The second kappa shape index (κ2) is 9.63. The fourth-order valence-corrected chi connectivity index (χ4v) is 7.35. The quantitative estimate of drug-likeness (QED) is 0.412. The number of hydrogen-bond acceptors (Lipinski definition) is 8. The SMILES string of the molecule is O=C1CCC(=O)N1Cc1cc2nccc(-c3cc(Cl)cc4c3N([C@H]3CNC(CO)(CO)C3)CCC4)c2s1. The third kappa shape index (κ3) is 4.32. The van der Waals surface area contributed by atoms with Crippen molar-refractivity contribution in [2.75, 3.05) is 31.2 Å². The Balaban J connectivity index is 1.42. The Morgan fingerprint density at radius 3 is 2.62 bits per heavy atom. The molecule has 2 saturated heterocycles. The van der Waals surface area contributed by atoms with Gasteiger partial charge in [-0.2, -0.15) is 0 Å². The summed E-state index contributed by atoms with van der Waals surface area (Å²) in [5.74, 6) is -0.246. The number of aryl methyl sites for hydroxylation is 1. The zero-order chi connectivity index (χ0) is 25.7. The van der Waals surface area contributed by atoms with Crippen LogP contribution in [-0.4, -0.2) is 69.8 Å². The number of imide groups is 1. The number of aliphatic hydroxyl groups excluding tert-OH is 2. The van der Waals surface area contributed by atoms with Gasteiger partial charge in [-0.1, -0.05) is 11.6 Å². The number of amides is 2. The lowest BCUT2D eigenvalue weighted by Crippen LogP contribution is -2.47. The van der Waals surface area contributed by atoms with Gasteiger partial charge in [-0.15, -0.1) is 11.3 Å². The number of hydrogen-bond donors (Lipinski definition) is 3. The van der Waals surface area contributed by atoms with E-state index in [9.17, 15) is 19.8 Å². The van der Waals surface area contributed by atoms with E-state index in [4.69, 9.17) is 11.6 Å². The molecule has 0 unspecified atom stereocenters. The number of benzene rings is 1. The highest BCUT2D eigenvalue weighted by molar-refractivity contribution is 7.19. The molecule has 3 aliphatic rings. The zero-order valence-electron chi connectivity index (χ0n) is 20.4. The van der Waals surface area contributed by atoms with Gasteiger partial charge in [-0.05, 0) is 49.1 Å². The molecule has 37 heavy (non-hydrogen) atoms. The first-order valence-corrected chi connectivity index (χ1v) is 13.9. The van der Waals surface area contributed by atoms with Crippen LogP contribution in [0.25, 0.3) is 21.3 Å². The number of halogens is 1. The Hall–Kier alpha value is -2.56. The number of fused-ring (bicyclic) bond motifs is 2. The number of rotatable bonds is 6. The number of carbonyl (C=O) groups excluding carboxylic acids is 2. The minimum atomic E-state index is -0.675. The number of thiophene rings is 1. The minimum Gasteiger partial charge on any atom is -0.394 e. The van der Waals surface area contributed by atoms with Crippen molar-refractivity contribution in [3.8, 4) is 11.1 Å². The van der Waals surface area contributed by atoms with Gasteiger partial charge < -0.3 is 20.4 Å². The maximum absolute atomic E-state index is 12.2. The zero-order valence-corrected chi connectivity index (χ0v) is 21.9. The Bertz CT molecular complexity index is 1370. The third-order valence-corrected chi connectivity index (χ3v) is 9.25. The lowest BCUT2D eigenvalue weighted by atomic mass is 9.91. The lowest BCUT2D eigenvalue weighted by Gasteiger charge is -2.38. The number of aromatic nitrogens is 1. The van der Waals surface area contributed by atoms with Gasteiger partial charge >= 0.3 is 0 Å². The van der Waals surface area contributed by atoms with E-state index in [-0.39, 0.29) is 50.5 Å². The van der Waals surface area contributed by atoms with Gasteiger partial charge in [0.2, 0.25) is 11.8 Å². The van der Waals surface area contributed by atoms with E-state index < -0.39 is 5.54 Å². The first kappa shape index (κ1) is 24.8. The topological polar surface area (TPSA) is 106 Å². The molecule has 6 rings (SSSR count). The molecule has 3 aromatic rings. The number of nitrogens with zero attached hydrogens (tertiary/aromatic N) is 3. The molecule has 0 saturated carbocycles. The fraction of sp³-hybridized carbons (Fsp3) is 0.444. The van der Waals surface area contributed by atoms with E-state index in [1.54, 1.807) is 17.5 Å². The molecule has 1 aromatic carbocycles. The molecule has 2 amide bonds. The summed E-state index contributed by atoms with van der Waals surface area (Å²) >= 11 is 8.20.